The molecule has 0 radical (unpaired) electrons. The van der Waals surface area contributed by atoms with Crippen LogP contribution in [0.15, 0.2) is 24.3 Å². The number of ether oxygens (including phenoxy) is 2. The maximum atomic E-state index is 12.7. The van der Waals surface area contributed by atoms with Crippen molar-refractivity contribution in [3.05, 3.63) is 30.1 Å². The third-order valence-corrected chi connectivity index (χ3v) is 2.00. The van der Waals surface area contributed by atoms with Gasteiger partial charge >= 0.3 is 0 Å². The maximum absolute atomic E-state index is 12.7. The summed E-state index contributed by atoms with van der Waals surface area (Å²) in [5.74, 6) is 0.282. The van der Waals surface area contributed by atoms with Crippen LogP contribution in [0.3, 0.4) is 0 Å². The molecule has 2 nitrogen and oxygen atoms in total. The Morgan fingerprint density at radius 1 is 1.62 bits per heavy atom. The zero-order chi connectivity index (χ0) is 9.26. The van der Waals surface area contributed by atoms with Gasteiger partial charge in [-0.1, -0.05) is 6.07 Å². The van der Waals surface area contributed by atoms with E-state index in [9.17, 15) is 4.39 Å². The average molecular weight is 182 g/mol. The highest BCUT2D eigenvalue weighted by Crippen LogP contribution is 2.20. The highest BCUT2D eigenvalue weighted by atomic mass is 19.1. The molecule has 1 aromatic carbocycles. The first kappa shape index (κ1) is 8.51. The van der Waals surface area contributed by atoms with E-state index in [1.165, 1.54) is 12.1 Å². The summed E-state index contributed by atoms with van der Waals surface area (Å²) in [4.78, 5) is 0. The van der Waals surface area contributed by atoms with Crippen LogP contribution in [0.4, 0.5) is 4.39 Å². The first-order chi connectivity index (χ1) is 6.25. The highest BCUT2D eigenvalue weighted by Gasteiger charge is 2.30. The Morgan fingerprint density at radius 2 is 2.38 bits per heavy atom. The van der Waals surface area contributed by atoms with Crippen LogP contribution in [-0.4, -0.2) is 18.8 Å². The quantitative estimate of drug-likeness (QED) is 0.667. The molecule has 0 saturated carbocycles. The van der Waals surface area contributed by atoms with Gasteiger partial charge in [-0.3, -0.25) is 0 Å². The monoisotopic (exact) mass is 182 g/mol. The maximum Gasteiger partial charge on any atom is 0.126 e. The summed E-state index contributed by atoms with van der Waals surface area (Å²) in [5.41, 5.74) is 0. The van der Waals surface area contributed by atoms with Gasteiger partial charge in [-0.2, -0.15) is 0 Å². The molecule has 1 aliphatic rings. The van der Waals surface area contributed by atoms with Gasteiger partial charge in [0.1, 0.15) is 23.8 Å². The Hall–Kier alpha value is -1.09. The zero-order valence-electron chi connectivity index (χ0n) is 7.37. The second-order valence-corrected chi connectivity index (χ2v) is 3.15. The smallest absolute Gasteiger partial charge is 0.126 e. The number of benzene rings is 1. The number of rotatable bonds is 3. The molecule has 13 heavy (non-hydrogen) atoms. The second-order valence-electron chi connectivity index (χ2n) is 3.15. The van der Waals surface area contributed by atoms with Crippen molar-refractivity contribution in [1.29, 1.82) is 0 Å². The second kappa shape index (κ2) is 3.34. The fourth-order valence-corrected chi connectivity index (χ4v) is 1.16. The molecular formula is C10H11FO2. The molecule has 1 aliphatic heterocycles. The molecule has 0 unspecified atom stereocenters. The molecule has 0 aromatic heterocycles. The Kier molecular flexibility index (Phi) is 2.19. The molecule has 1 saturated heterocycles. The first-order valence-electron chi connectivity index (χ1n) is 4.29. The average Bonchev–Trinajstić information content (AvgIpc) is 2.85. The summed E-state index contributed by atoms with van der Waals surface area (Å²) in [6, 6.07) is 6.14. The molecule has 0 N–H and O–H groups in total. The SMILES string of the molecule is C[C@@H](Oc1cccc(F)c1)[C@@H]1CO1. The molecule has 3 heteroatoms. The third kappa shape index (κ3) is 2.18. The lowest BCUT2D eigenvalue weighted by atomic mass is 10.3. The fourth-order valence-electron chi connectivity index (χ4n) is 1.16. The zero-order valence-corrected chi connectivity index (χ0v) is 7.37. The normalized spacial score (nSPS) is 22.5. The van der Waals surface area contributed by atoms with Gasteiger partial charge in [0.25, 0.3) is 0 Å². The summed E-state index contributed by atoms with van der Waals surface area (Å²) >= 11 is 0. The van der Waals surface area contributed by atoms with Gasteiger partial charge in [-0.15, -0.1) is 0 Å². The van der Waals surface area contributed by atoms with E-state index >= 15 is 0 Å². The lowest BCUT2D eigenvalue weighted by Crippen LogP contribution is -2.18. The van der Waals surface area contributed by atoms with E-state index in [1.54, 1.807) is 12.1 Å². The van der Waals surface area contributed by atoms with Crippen LogP contribution in [0.5, 0.6) is 5.75 Å². The van der Waals surface area contributed by atoms with Gasteiger partial charge in [-0.25, -0.2) is 4.39 Å². The van der Waals surface area contributed by atoms with Gasteiger partial charge < -0.3 is 9.47 Å². The fraction of sp³-hybridized carbons (Fsp3) is 0.400. The minimum absolute atomic E-state index is 0.00167. The van der Waals surface area contributed by atoms with Crippen molar-refractivity contribution in [2.24, 2.45) is 0 Å². The van der Waals surface area contributed by atoms with Crippen molar-refractivity contribution in [3.63, 3.8) is 0 Å². The van der Waals surface area contributed by atoms with Crippen molar-refractivity contribution < 1.29 is 13.9 Å². The summed E-state index contributed by atoms with van der Waals surface area (Å²) in [6.45, 7) is 2.67. The van der Waals surface area contributed by atoms with Crippen molar-refractivity contribution in [2.75, 3.05) is 6.61 Å². The van der Waals surface area contributed by atoms with E-state index in [1.807, 2.05) is 6.92 Å². The van der Waals surface area contributed by atoms with Crippen molar-refractivity contribution in [1.82, 2.24) is 0 Å². The number of halogens is 1. The van der Waals surface area contributed by atoms with Gasteiger partial charge in [0.2, 0.25) is 0 Å². The van der Waals surface area contributed by atoms with Crippen molar-refractivity contribution in [3.8, 4) is 5.75 Å². The van der Waals surface area contributed by atoms with Crippen LogP contribution in [0.25, 0.3) is 0 Å². The van der Waals surface area contributed by atoms with Crippen LogP contribution in [0, 0.1) is 5.82 Å². The van der Waals surface area contributed by atoms with E-state index < -0.39 is 0 Å². The minimum Gasteiger partial charge on any atom is -0.488 e. The molecule has 0 aliphatic carbocycles. The number of hydrogen-bond donors (Lipinski definition) is 0. The van der Waals surface area contributed by atoms with E-state index in [0.29, 0.717) is 5.75 Å². The number of epoxide rings is 1. The Labute approximate surface area is 76.3 Å². The third-order valence-electron chi connectivity index (χ3n) is 2.00. The summed E-state index contributed by atoms with van der Waals surface area (Å²) < 4.78 is 23.2. The molecule has 70 valence electrons. The highest BCUT2D eigenvalue weighted by molar-refractivity contribution is 5.22. The van der Waals surface area contributed by atoms with E-state index in [0.717, 1.165) is 6.61 Å². The topological polar surface area (TPSA) is 21.8 Å². The van der Waals surface area contributed by atoms with E-state index in [-0.39, 0.29) is 18.0 Å². The molecule has 2 rings (SSSR count). The van der Waals surface area contributed by atoms with Crippen LogP contribution in [0.2, 0.25) is 0 Å². The van der Waals surface area contributed by atoms with Gasteiger partial charge in [-0.05, 0) is 19.1 Å². The Bertz CT molecular complexity index is 297. The molecule has 2 atom stereocenters. The first-order valence-corrected chi connectivity index (χ1v) is 4.29. The molecular weight excluding hydrogens is 171 g/mol. The summed E-state index contributed by atoms with van der Waals surface area (Å²) in [7, 11) is 0. The van der Waals surface area contributed by atoms with Crippen molar-refractivity contribution in [2.45, 2.75) is 19.1 Å². The van der Waals surface area contributed by atoms with Gasteiger partial charge in [0.05, 0.1) is 6.61 Å². The lowest BCUT2D eigenvalue weighted by Gasteiger charge is -2.11. The Balaban J connectivity index is 2.00. The van der Waals surface area contributed by atoms with Gasteiger partial charge in [0, 0.05) is 6.07 Å². The summed E-state index contributed by atoms with van der Waals surface area (Å²) in [6.07, 6.45) is 0.185. The molecule has 0 spiro atoms. The molecule has 0 amide bonds. The largest absolute Gasteiger partial charge is 0.488 e. The van der Waals surface area contributed by atoms with Crippen LogP contribution >= 0.6 is 0 Å². The lowest BCUT2D eigenvalue weighted by molar-refractivity contribution is 0.176. The van der Waals surface area contributed by atoms with E-state index in [2.05, 4.69) is 0 Å². The predicted molar refractivity (Wildman–Crippen MR) is 46.2 cm³/mol. The van der Waals surface area contributed by atoms with Crippen LogP contribution in [0.1, 0.15) is 6.92 Å². The van der Waals surface area contributed by atoms with Crippen LogP contribution in [-0.2, 0) is 4.74 Å². The van der Waals surface area contributed by atoms with Crippen molar-refractivity contribution >= 4 is 0 Å². The summed E-state index contributed by atoms with van der Waals surface area (Å²) in [5, 5.41) is 0. The molecule has 1 heterocycles. The van der Waals surface area contributed by atoms with Crippen LogP contribution < -0.4 is 4.74 Å². The minimum atomic E-state index is -0.276. The van der Waals surface area contributed by atoms with E-state index in [4.69, 9.17) is 9.47 Å². The number of hydrogen-bond acceptors (Lipinski definition) is 2. The predicted octanol–water partition coefficient (Wildman–Crippen LogP) is 1.99. The Morgan fingerprint density at radius 3 is 3.00 bits per heavy atom. The molecule has 0 bridgehead atoms. The standard InChI is InChI=1S/C10H11FO2/c1-7(10-6-12-10)13-9-4-2-3-8(11)5-9/h2-5,7,10H,6H2,1H3/t7-,10+/m1/s1. The molecule has 1 aromatic rings. The van der Waals surface area contributed by atoms with Gasteiger partial charge in [0.15, 0.2) is 0 Å². The molecule has 1 fully saturated rings.